The van der Waals surface area contributed by atoms with E-state index in [-0.39, 0.29) is 5.91 Å². The smallest absolute Gasteiger partial charge is 0.254 e. The molecule has 0 aliphatic carbocycles. The van der Waals surface area contributed by atoms with Crippen molar-refractivity contribution in [3.63, 3.8) is 0 Å². The predicted octanol–water partition coefficient (Wildman–Crippen LogP) is 4.47. The Labute approximate surface area is 231 Å². The lowest BCUT2D eigenvalue weighted by Crippen LogP contribution is -2.47. The molecule has 1 fully saturated rings. The van der Waals surface area contributed by atoms with E-state index >= 15 is 0 Å². The van der Waals surface area contributed by atoms with E-state index in [4.69, 9.17) is 9.97 Å². The van der Waals surface area contributed by atoms with Gasteiger partial charge in [-0.1, -0.05) is 36.4 Å². The van der Waals surface area contributed by atoms with E-state index in [2.05, 4.69) is 98.5 Å². The molecule has 7 nitrogen and oxygen atoms in total. The Balaban J connectivity index is 1.61. The number of likely N-dealkylation sites (N-methyl/N-ethyl adjacent to an activating group) is 1. The summed E-state index contributed by atoms with van der Waals surface area (Å²) in [5.41, 5.74) is 8.35. The molecule has 0 radical (unpaired) electrons. The number of hydrogen-bond donors (Lipinski definition) is 0. The zero-order valence-corrected chi connectivity index (χ0v) is 23.7. The van der Waals surface area contributed by atoms with Gasteiger partial charge in [-0.05, 0) is 76.7 Å². The van der Waals surface area contributed by atoms with Gasteiger partial charge in [0.1, 0.15) is 0 Å². The number of nitrogens with zero attached hydrogens (tertiary/aromatic N) is 6. The summed E-state index contributed by atoms with van der Waals surface area (Å²) < 4.78 is 0. The summed E-state index contributed by atoms with van der Waals surface area (Å²) in [6, 6.07) is 22.8. The van der Waals surface area contributed by atoms with Gasteiger partial charge in [-0.25, -0.2) is 9.97 Å². The third-order valence-corrected chi connectivity index (χ3v) is 7.10. The highest BCUT2D eigenvalue weighted by Crippen LogP contribution is 2.32. The van der Waals surface area contributed by atoms with Crippen molar-refractivity contribution in [2.45, 2.75) is 13.1 Å². The Morgan fingerprint density at radius 3 is 1.79 bits per heavy atom. The van der Waals surface area contributed by atoms with Gasteiger partial charge in [0, 0.05) is 56.0 Å². The van der Waals surface area contributed by atoms with Gasteiger partial charge >= 0.3 is 0 Å². The summed E-state index contributed by atoms with van der Waals surface area (Å²) in [6.07, 6.45) is 0. The highest BCUT2D eigenvalue weighted by atomic mass is 16.2. The number of benzene rings is 3. The number of carbonyl (C=O) groups is 1. The number of amides is 1. The minimum absolute atomic E-state index is 0.0572. The van der Waals surface area contributed by atoms with Crippen molar-refractivity contribution in [2.24, 2.45) is 0 Å². The van der Waals surface area contributed by atoms with Gasteiger partial charge in [-0.15, -0.1) is 0 Å². The van der Waals surface area contributed by atoms with Crippen LogP contribution in [0.2, 0.25) is 0 Å². The lowest BCUT2D eigenvalue weighted by molar-refractivity contribution is 0.0664. The van der Waals surface area contributed by atoms with Crippen LogP contribution in [-0.2, 0) is 13.1 Å². The average molecular weight is 523 g/mol. The van der Waals surface area contributed by atoms with Crippen LogP contribution in [0.15, 0.2) is 66.7 Å². The first-order valence-corrected chi connectivity index (χ1v) is 13.5. The first-order chi connectivity index (χ1) is 18.8. The summed E-state index contributed by atoms with van der Waals surface area (Å²) >= 11 is 0. The SMILES string of the molecule is CN(C)Cc1cccc(-c2nc3ccc(C(=O)N4CCN(C)CC4)cc3nc2-c2cccc(CN(C)C)c2)c1. The number of carbonyl (C=O) groups excluding carboxylic acids is 1. The molecular formula is C32H38N6O. The molecule has 3 aromatic carbocycles. The summed E-state index contributed by atoms with van der Waals surface area (Å²) in [7, 11) is 10.4. The van der Waals surface area contributed by atoms with Gasteiger partial charge in [0.2, 0.25) is 0 Å². The lowest BCUT2D eigenvalue weighted by Gasteiger charge is -2.32. The molecule has 2 heterocycles. The fraction of sp³-hybridized carbons (Fsp3) is 0.344. The van der Waals surface area contributed by atoms with Crippen molar-refractivity contribution in [1.29, 1.82) is 0 Å². The molecule has 0 bridgehead atoms. The number of hydrogen-bond acceptors (Lipinski definition) is 6. The van der Waals surface area contributed by atoms with Crippen LogP contribution >= 0.6 is 0 Å². The Kier molecular flexibility index (Phi) is 8.02. The molecule has 202 valence electrons. The molecule has 7 heteroatoms. The zero-order valence-electron chi connectivity index (χ0n) is 23.7. The van der Waals surface area contributed by atoms with Crippen LogP contribution in [0, 0.1) is 0 Å². The van der Waals surface area contributed by atoms with Crippen molar-refractivity contribution in [3.05, 3.63) is 83.4 Å². The van der Waals surface area contributed by atoms with E-state index in [0.717, 1.165) is 72.8 Å². The molecule has 0 unspecified atom stereocenters. The Morgan fingerprint density at radius 2 is 1.26 bits per heavy atom. The fourth-order valence-electron chi connectivity index (χ4n) is 5.15. The van der Waals surface area contributed by atoms with Gasteiger partial charge in [0.15, 0.2) is 0 Å². The van der Waals surface area contributed by atoms with Crippen molar-refractivity contribution in [1.82, 2.24) is 29.6 Å². The second kappa shape index (κ2) is 11.6. The fourth-order valence-corrected chi connectivity index (χ4v) is 5.15. The molecule has 1 aliphatic rings. The molecule has 1 aromatic heterocycles. The van der Waals surface area contributed by atoms with E-state index in [0.29, 0.717) is 5.56 Å². The molecule has 1 amide bonds. The third kappa shape index (κ3) is 6.33. The molecular weight excluding hydrogens is 484 g/mol. The van der Waals surface area contributed by atoms with E-state index in [1.807, 2.05) is 23.1 Å². The quantitative estimate of drug-likeness (QED) is 0.357. The molecule has 0 spiro atoms. The van der Waals surface area contributed by atoms with Gasteiger partial charge in [0.25, 0.3) is 5.91 Å². The highest BCUT2D eigenvalue weighted by Gasteiger charge is 2.22. The first-order valence-electron chi connectivity index (χ1n) is 13.5. The third-order valence-electron chi connectivity index (χ3n) is 7.10. The molecule has 4 aromatic rings. The first kappa shape index (κ1) is 26.9. The van der Waals surface area contributed by atoms with Crippen LogP contribution in [0.4, 0.5) is 0 Å². The second-order valence-electron chi connectivity index (χ2n) is 11.1. The largest absolute Gasteiger partial charge is 0.336 e. The Morgan fingerprint density at radius 1 is 0.718 bits per heavy atom. The Hall–Kier alpha value is -3.65. The molecule has 0 atom stereocenters. The van der Waals surface area contributed by atoms with Crippen LogP contribution in [0.1, 0.15) is 21.5 Å². The Bertz CT molecular complexity index is 1470. The maximum absolute atomic E-state index is 13.3. The van der Waals surface area contributed by atoms with Gasteiger partial charge in [0.05, 0.1) is 22.4 Å². The van der Waals surface area contributed by atoms with Crippen molar-refractivity contribution in [2.75, 3.05) is 61.4 Å². The topological polar surface area (TPSA) is 55.8 Å². The molecule has 1 aliphatic heterocycles. The summed E-state index contributed by atoms with van der Waals surface area (Å²) in [6.45, 7) is 4.95. The normalized spacial score (nSPS) is 14.5. The highest BCUT2D eigenvalue weighted by molar-refractivity contribution is 5.98. The molecule has 1 saturated heterocycles. The van der Waals surface area contributed by atoms with E-state index in [1.54, 1.807) is 0 Å². The monoisotopic (exact) mass is 522 g/mol. The standard InChI is InChI=1S/C32H38N6O/c1-35(2)21-23-8-6-10-25(18-23)30-31(26-11-7-9-24(19-26)22-36(3)4)34-29-20-27(12-13-28(29)33-30)32(39)38-16-14-37(5)15-17-38/h6-13,18-20H,14-17,21-22H2,1-5H3. The van der Waals surface area contributed by atoms with E-state index < -0.39 is 0 Å². The van der Waals surface area contributed by atoms with Crippen LogP contribution in [0.5, 0.6) is 0 Å². The van der Waals surface area contributed by atoms with E-state index in [9.17, 15) is 4.79 Å². The number of aromatic nitrogens is 2. The van der Waals surface area contributed by atoms with Crippen molar-refractivity contribution in [3.8, 4) is 22.5 Å². The van der Waals surface area contributed by atoms with E-state index in [1.165, 1.54) is 11.1 Å². The number of rotatable bonds is 7. The second-order valence-corrected chi connectivity index (χ2v) is 11.1. The van der Waals surface area contributed by atoms with Crippen molar-refractivity contribution < 1.29 is 4.79 Å². The summed E-state index contributed by atoms with van der Waals surface area (Å²) in [5, 5.41) is 0. The summed E-state index contributed by atoms with van der Waals surface area (Å²) in [5.74, 6) is 0.0572. The van der Waals surface area contributed by atoms with Crippen LogP contribution in [-0.4, -0.2) is 96.9 Å². The molecule has 0 saturated carbocycles. The van der Waals surface area contributed by atoms with Crippen molar-refractivity contribution >= 4 is 16.9 Å². The van der Waals surface area contributed by atoms with Gasteiger partial charge < -0.3 is 19.6 Å². The number of piperazine rings is 1. The average Bonchev–Trinajstić information content (AvgIpc) is 2.91. The minimum Gasteiger partial charge on any atom is -0.336 e. The number of fused-ring (bicyclic) bond motifs is 1. The minimum atomic E-state index is 0.0572. The maximum Gasteiger partial charge on any atom is 0.254 e. The van der Waals surface area contributed by atoms with Crippen LogP contribution in [0.25, 0.3) is 33.5 Å². The molecule has 39 heavy (non-hydrogen) atoms. The lowest BCUT2D eigenvalue weighted by atomic mass is 10.00. The molecule has 0 N–H and O–H groups in total. The van der Waals surface area contributed by atoms with Gasteiger partial charge in [-0.3, -0.25) is 4.79 Å². The maximum atomic E-state index is 13.3. The predicted molar refractivity (Wildman–Crippen MR) is 159 cm³/mol. The summed E-state index contributed by atoms with van der Waals surface area (Å²) in [4.78, 5) is 32.1. The van der Waals surface area contributed by atoms with Crippen LogP contribution in [0.3, 0.4) is 0 Å². The molecule has 5 rings (SSSR count). The van der Waals surface area contributed by atoms with Gasteiger partial charge in [-0.2, -0.15) is 0 Å². The van der Waals surface area contributed by atoms with Crippen LogP contribution < -0.4 is 0 Å². The zero-order chi connectivity index (χ0) is 27.5.